The summed E-state index contributed by atoms with van der Waals surface area (Å²) < 4.78 is 16.9. The van der Waals surface area contributed by atoms with Gasteiger partial charge in [0.25, 0.3) is 0 Å². The Bertz CT molecular complexity index is 1190. The van der Waals surface area contributed by atoms with Gasteiger partial charge in [-0.05, 0) is 19.3 Å². The second-order valence-electron chi connectivity index (χ2n) is 25.2. The van der Waals surface area contributed by atoms with Gasteiger partial charge in [-0.25, -0.2) is 0 Å². The summed E-state index contributed by atoms with van der Waals surface area (Å²) in [6, 6.07) is 0. The van der Waals surface area contributed by atoms with Crippen LogP contribution < -0.4 is 0 Å². The highest BCUT2D eigenvalue weighted by molar-refractivity contribution is 5.71. The topological polar surface area (TPSA) is 78.9 Å². The van der Waals surface area contributed by atoms with Crippen LogP contribution in [0.15, 0.2) is 0 Å². The zero-order valence-corrected chi connectivity index (χ0v) is 54.2. The molecule has 0 aliphatic heterocycles. The van der Waals surface area contributed by atoms with Crippen LogP contribution >= 0.6 is 0 Å². The maximum Gasteiger partial charge on any atom is 0.306 e. The predicted molar refractivity (Wildman–Crippen MR) is 344 cm³/mol. The third-order valence-corrected chi connectivity index (χ3v) is 17.1. The number of esters is 3. The summed E-state index contributed by atoms with van der Waals surface area (Å²) in [7, 11) is 0. The molecule has 0 saturated carbocycles. The molecule has 79 heavy (non-hydrogen) atoms. The van der Waals surface area contributed by atoms with Crippen molar-refractivity contribution in [3.05, 3.63) is 0 Å². The lowest BCUT2D eigenvalue weighted by Crippen LogP contribution is -2.30. The zero-order chi connectivity index (χ0) is 57.1. The molecule has 6 nitrogen and oxygen atoms in total. The Hall–Kier alpha value is -1.59. The molecule has 0 amide bonds. The quantitative estimate of drug-likeness (QED) is 0.0343. The summed E-state index contributed by atoms with van der Waals surface area (Å²) in [5, 5.41) is 0. The van der Waals surface area contributed by atoms with Crippen LogP contribution in [-0.4, -0.2) is 37.2 Å². The highest BCUT2D eigenvalue weighted by Gasteiger charge is 2.20. The van der Waals surface area contributed by atoms with Gasteiger partial charge in [0.2, 0.25) is 0 Å². The molecule has 0 N–H and O–H groups in total. The van der Waals surface area contributed by atoms with Crippen LogP contribution in [0.2, 0.25) is 0 Å². The monoisotopic (exact) mass is 1120 g/mol. The Balaban J connectivity index is 3.92. The van der Waals surface area contributed by atoms with E-state index < -0.39 is 6.10 Å². The predicted octanol–water partition coefficient (Wildman–Crippen LogP) is 25.0. The Morgan fingerprint density at radius 1 is 0.203 bits per heavy atom. The smallest absolute Gasteiger partial charge is 0.306 e. The minimum atomic E-state index is -0.762. The number of ether oxygens (including phenoxy) is 3. The van der Waals surface area contributed by atoms with Crippen LogP contribution in [0.1, 0.15) is 432 Å². The van der Waals surface area contributed by atoms with Crippen molar-refractivity contribution in [2.45, 2.75) is 438 Å². The Labute approximate surface area is 495 Å². The van der Waals surface area contributed by atoms with Crippen molar-refractivity contribution < 1.29 is 28.6 Å². The van der Waals surface area contributed by atoms with Crippen molar-refractivity contribution >= 4 is 17.9 Å². The van der Waals surface area contributed by atoms with Crippen LogP contribution in [0.5, 0.6) is 0 Å². The molecule has 1 atom stereocenters. The summed E-state index contributed by atoms with van der Waals surface area (Å²) in [5.74, 6) is -0.836. The first-order valence-corrected chi connectivity index (χ1v) is 36.5. The van der Waals surface area contributed by atoms with E-state index in [4.69, 9.17) is 14.2 Å². The fourth-order valence-corrected chi connectivity index (χ4v) is 11.6. The second kappa shape index (κ2) is 68.9. The van der Waals surface area contributed by atoms with Gasteiger partial charge < -0.3 is 14.2 Å². The number of unbranched alkanes of at least 4 members (excludes halogenated alkanes) is 58. The third-order valence-electron chi connectivity index (χ3n) is 17.1. The first kappa shape index (κ1) is 77.4. The number of hydrogen-bond acceptors (Lipinski definition) is 6. The lowest BCUT2D eigenvalue weighted by molar-refractivity contribution is -0.167. The van der Waals surface area contributed by atoms with E-state index in [0.717, 1.165) is 57.8 Å². The number of carbonyl (C=O) groups is 3. The largest absolute Gasteiger partial charge is 0.462 e. The average molecular weight is 1120 g/mol. The highest BCUT2D eigenvalue weighted by atomic mass is 16.6. The van der Waals surface area contributed by atoms with Crippen molar-refractivity contribution in [1.82, 2.24) is 0 Å². The molecule has 6 heteroatoms. The Morgan fingerprint density at radius 2 is 0.342 bits per heavy atom. The van der Waals surface area contributed by atoms with Gasteiger partial charge in [-0.1, -0.05) is 393 Å². The molecule has 0 heterocycles. The van der Waals surface area contributed by atoms with Crippen LogP contribution in [0.3, 0.4) is 0 Å². The summed E-state index contributed by atoms with van der Waals surface area (Å²) >= 11 is 0. The average Bonchev–Trinajstić information content (AvgIpc) is 3.45. The highest BCUT2D eigenvalue weighted by Crippen LogP contribution is 2.20. The van der Waals surface area contributed by atoms with Gasteiger partial charge in [0.1, 0.15) is 13.2 Å². The summed E-state index contributed by atoms with van der Waals surface area (Å²) in [4.78, 5) is 38.1. The molecule has 0 aliphatic carbocycles. The van der Waals surface area contributed by atoms with E-state index in [-0.39, 0.29) is 31.1 Å². The van der Waals surface area contributed by atoms with Gasteiger partial charge in [-0.3, -0.25) is 14.4 Å². The molecule has 0 radical (unpaired) electrons. The lowest BCUT2D eigenvalue weighted by Gasteiger charge is -2.18. The zero-order valence-electron chi connectivity index (χ0n) is 54.2. The van der Waals surface area contributed by atoms with Gasteiger partial charge in [0.05, 0.1) is 0 Å². The van der Waals surface area contributed by atoms with Crippen LogP contribution in [-0.2, 0) is 28.6 Å². The molecule has 0 saturated heterocycles. The molecule has 0 aromatic heterocycles. The van der Waals surface area contributed by atoms with E-state index in [1.165, 1.54) is 334 Å². The summed E-state index contributed by atoms with van der Waals surface area (Å²) in [6.45, 7) is 6.68. The van der Waals surface area contributed by atoms with Gasteiger partial charge in [-0.15, -0.1) is 0 Å². The van der Waals surface area contributed by atoms with Crippen molar-refractivity contribution in [2.24, 2.45) is 0 Å². The van der Waals surface area contributed by atoms with Gasteiger partial charge in [0.15, 0.2) is 6.10 Å². The molecular weight excluding hydrogens is 973 g/mol. The van der Waals surface area contributed by atoms with Crippen molar-refractivity contribution in [1.29, 1.82) is 0 Å². The molecule has 0 spiro atoms. The molecule has 0 aromatic rings. The van der Waals surface area contributed by atoms with Crippen LogP contribution in [0, 0.1) is 0 Å². The standard InChI is InChI=1S/C73H142O6/c1-4-7-10-13-16-18-20-22-24-26-28-30-32-34-36-38-39-41-43-45-47-49-51-53-55-57-60-63-66-72(75)78-69-70(68-77-71(74)65-62-59-15-12-9-6-3)79-73(76)67-64-61-58-56-54-52-50-48-46-44-42-40-37-35-33-31-29-27-25-23-21-19-17-14-11-8-5-2/h70H,4-69H2,1-3H3. The molecule has 0 bridgehead atoms. The van der Waals surface area contributed by atoms with Gasteiger partial charge in [-0.2, -0.15) is 0 Å². The Morgan fingerprint density at radius 3 is 0.506 bits per heavy atom. The lowest BCUT2D eigenvalue weighted by atomic mass is 10.0. The minimum absolute atomic E-state index is 0.0616. The summed E-state index contributed by atoms with van der Waals surface area (Å²) in [5.41, 5.74) is 0. The van der Waals surface area contributed by atoms with E-state index in [1.54, 1.807) is 0 Å². The van der Waals surface area contributed by atoms with E-state index in [0.29, 0.717) is 19.3 Å². The molecule has 0 fully saturated rings. The normalized spacial score (nSPS) is 11.9. The molecular formula is C73H142O6. The number of hydrogen-bond donors (Lipinski definition) is 0. The second-order valence-corrected chi connectivity index (χ2v) is 25.2. The van der Waals surface area contributed by atoms with E-state index in [1.807, 2.05) is 0 Å². The number of carbonyl (C=O) groups excluding carboxylic acids is 3. The van der Waals surface area contributed by atoms with Gasteiger partial charge in [0, 0.05) is 19.3 Å². The van der Waals surface area contributed by atoms with Crippen molar-refractivity contribution in [3.63, 3.8) is 0 Å². The van der Waals surface area contributed by atoms with Crippen LogP contribution in [0.4, 0.5) is 0 Å². The fraction of sp³-hybridized carbons (Fsp3) is 0.959. The van der Waals surface area contributed by atoms with Crippen molar-refractivity contribution in [3.8, 4) is 0 Å². The first-order valence-electron chi connectivity index (χ1n) is 36.5. The fourth-order valence-electron chi connectivity index (χ4n) is 11.6. The van der Waals surface area contributed by atoms with E-state index in [2.05, 4.69) is 20.8 Å². The Kier molecular flexibility index (Phi) is 67.5. The van der Waals surface area contributed by atoms with Crippen molar-refractivity contribution in [2.75, 3.05) is 13.2 Å². The first-order chi connectivity index (χ1) is 39.0. The molecule has 470 valence electrons. The van der Waals surface area contributed by atoms with Crippen LogP contribution in [0.25, 0.3) is 0 Å². The van der Waals surface area contributed by atoms with E-state index >= 15 is 0 Å². The van der Waals surface area contributed by atoms with Gasteiger partial charge >= 0.3 is 17.9 Å². The minimum Gasteiger partial charge on any atom is -0.462 e. The molecule has 0 rings (SSSR count). The molecule has 0 aliphatic rings. The van der Waals surface area contributed by atoms with E-state index in [9.17, 15) is 14.4 Å². The summed E-state index contributed by atoms with van der Waals surface area (Å²) in [6.07, 6.45) is 82.0. The molecule has 0 aromatic carbocycles. The SMILES string of the molecule is CCCCCCCCCCCCCCCCCCCCCCCCCCCCCCC(=O)OCC(COC(=O)CCCCCCCC)OC(=O)CCCCCCCCCCCCCCCCCCCCCCCCCCCCC. The molecule has 1 unspecified atom stereocenters. The number of rotatable bonds is 69. The third kappa shape index (κ3) is 67.1. The maximum atomic E-state index is 12.9. The maximum absolute atomic E-state index is 12.9.